The lowest BCUT2D eigenvalue weighted by Gasteiger charge is -2.28. The van der Waals surface area contributed by atoms with E-state index in [1.54, 1.807) is 46.2 Å². The zero-order valence-electron chi connectivity index (χ0n) is 22.5. The van der Waals surface area contributed by atoms with E-state index < -0.39 is 17.6 Å². The minimum absolute atomic E-state index is 0.0632. The van der Waals surface area contributed by atoms with Crippen molar-refractivity contribution in [3.63, 3.8) is 0 Å². The van der Waals surface area contributed by atoms with Crippen LogP contribution in [0.1, 0.15) is 17.5 Å². The van der Waals surface area contributed by atoms with E-state index in [0.29, 0.717) is 35.8 Å². The van der Waals surface area contributed by atoms with E-state index in [4.69, 9.17) is 4.74 Å². The summed E-state index contributed by atoms with van der Waals surface area (Å²) in [6.45, 7) is 0.892. The fourth-order valence-electron chi connectivity index (χ4n) is 4.59. The van der Waals surface area contributed by atoms with E-state index in [-0.39, 0.29) is 31.6 Å². The van der Waals surface area contributed by atoms with Gasteiger partial charge in [-0.25, -0.2) is 0 Å². The SMILES string of the molecule is CN(C)C1CCN(C(=O)CN(CC(=O)NCc2cccc(C(F)(F)F)c2)c2ccccc2Oc2ccccc2)C1. The van der Waals surface area contributed by atoms with Crippen molar-refractivity contribution in [3.8, 4) is 11.5 Å². The lowest BCUT2D eigenvalue weighted by atomic mass is 10.1. The summed E-state index contributed by atoms with van der Waals surface area (Å²) in [6, 6.07) is 21.4. The third kappa shape index (κ3) is 7.75. The topological polar surface area (TPSA) is 65.1 Å². The number of carbonyl (C=O) groups is 2. The number of para-hydroxylation sites is 3. The Kier molecular flexibility index (Phi) is 9.31. The minimum Gasteiger partial charge on any atom is -0.455 e. The van der Waals surface area contributed by atoms with E-state index >= 15 is 0 Å². The molecule has 0 radical (unpaired) electrons. The molecule has 3 aromatic carbocycles. The normalized spacial score (nSPS) is 15.2. The monoisotopic (exact) mass is 554 g/mol. The van der Waals surface area contributed by atoms with Gasteiger partial charge in [-0.1, -0.05) is 42.5 Å². The lowest BCUT2D eigenvalue weighted by Crippen LogP contribution is -2.44. The van der Waals surface area contributed by atoms with Crippen LogP contribution in [0, 0.1) is 0 Å². The summed E-state index contributed by atoms with van der Waals surface area (Å²) in [4.78, 5) is 31.9. The number of alkyl halides is 3. The van der Waals surface area contributed by atoms with Crippen LogP contribution in [0.25, 0.3) is 0 Å². The molecule has 1 aliphatic rings. The number of amides is 2. The second-order valence-electron chi connectivity index (χ2n) is 9.96. The number of nitrogens with one attached hydrogen (secondary N) is 1. The molecule has 1 N–H and O–H groups in total. The van der Waals surface area contributed by atoms with E-state index in [1.165, 1.54) is 12.1 Å². The molecule has 2 amide bonds. The van der Waals surface area contributed by atoms with E-state index in [1.807, 2.05) is 32.3 Å². The molecule has 10 heteroatoms. The van der Waals surface area contributed by atoms with Crippen LogP contribution in [0.5, 0.6) is 11.5 Å². The second kappa shape index (κ2) is 12.9. The maximum absolute atomic E-state index is 13.3. The van der Waals surface area contributed by atoms with Gasteiger partial charge in [0, 0.05) is 25.7 Å². The molecule has 0 bridgehead atoms. The average Bonchev–Trinajstić information content (AvgIpc) is 3.43. The van der Waals surface area contributed by atoms with Gasteiger partial charge in [0.05, 0.1) is 24.3 Å². The molecule has 1 aliphatic heterocycles. The second-order valence-corrected chi connectivity index (χ2v) is 9.96. The van der Waals surface area contributed by atoms with Crippen LogP contribution in [0.3, 0.4) is 0 Å². The smallest absolute Gasteiger partial charge is 0.416 e. The Balaban J connectivity index is 1.51. The lowest BCUT2D eigenvalue weighted by molar-refractivity contribution is -0.137. The molecule has 40 heavy (non-hydrogen) atoms. The fourth-order valence-corrected chi connectivity index (χ4v) is 4.59. The molecule has 7 nitrogen and oxygen atoms in total. The highest BCUT2D eigenvalue weighted by Crippen LogP contribution is 2.32. The first-order valence-corrected chi connectivity index (χ1v) is 13.0. The van der Waals surface area contributed by atoms with Gasteiger partial charge in [0.1, 0.15) is 5.75 Å². The van der Waals surface area contributed by atoms with Crippen LogP contribution in [-0.2, 0) is 22.3 Å². The number of hydrogen-bond donors (Lipinski definition) is 1. The van der Waals surface area contributed by atoms with Gasteiger partial charge in [-0.2, -0.15) is 13.2 Å². The molecule has 0 saturated carbocycles. The van der Waals surface area contributed by atoms with Crippen LogP contribution < -0.4 is 15.0 Å². The summed E-state index contributed by atoms with van der Waals surface area (Å²) < 4.78 is 45.4. The van der Waals surface area contributed by atoms with Crippen molar-refractivity contribution in [2.75, 3.05) is 45.2 Å². The van der Waals surface area contributed by atoms with Crippen LogP contribution in [-0.4, -0.2) is 67.9 Å². The van der Waals surface area contributed by atoms with Crippen LogP contribution in [0.15, 0.2) is 78.9 Å². The van der Waals surface area contributed by atoms with Gasteiger partial charge in [-0.05, 0) is 62.5 Å². The van der Waals surface area contributed by atoms with E-state index in [9.17, 15) is 22.8 Å². The first-order chi connectivity index (χ1) is 19.1. The quantitative estimate of drug-likeness (QED) is 0.391. The third-order valence-electron chi connectivity index (χ3n) is 6.83. The Hall–Kier alpha value is -4.05. The predicted molar refractivity (Wildman–Crippen MR) is 147 cm³/mol. The standard InChI is InChI=1S/C30H33F3N4O3/c1-35(2)24-15-16-36(19-24)29(39)21-37(26-13-6-7-14-27(26)40-25-11-4-3-5-12-25)20-28(38)34-18-22-9-8-10-23(17-22)30(31,32)33/h3-14,17,24H,15-16,18-21H2,1-2H3,(H,34,38). The summed E-state index contributed by atoms with van der Waals surface area (Å²) in [6.07, 6.45) is -3.61. The van der Waals surface area contributed by atoms with Crippen molar-refractivity contribution in [2.24, 2.45) is 0 Å². The highest BCUT2D eigenvalue weighted by Gasteiger charge is 2.31. The summed E-state index contributed by atoms with van der Waals surface area (Å²) in [7, 11) is 3.97. The highest BCUT2D eigenvalue weighted by molar-refractivity contribution is 5.87. The number of rotatable bonds is 10. The molecular formula is C30H33F3N4O3. The summed E-state index contributed by atoms with van der Waals surface area (Å²) in [5.74, 6) is 0.514. The largest absolute Gasteiger partial charge is 0.455 e. The van der Waals surface area contributed by atoms with Crippen LogP contribution >= 0.6 is 0 Å². The number of benzene rings is 3. The Morgan fingerprint density at radius 3 is 2.40 bits per heavy atom. The summed E-state index contributed by atoms with van der Waals surface area (Å²) in [5.41, 5.74) is 0.0998. The van der Waals surface area contributed by atoms with Crippen LogP contribution in [0.4, 0.5) is 18.9 Å². The summed E-state index contributed by atoms with van der Waals surface area (Å²) in [5, 5.41) is 2.69. The molecule has 4 rings (SSSR count). The van der Waals surface area contributed by atoms with Crippen molar-refractivity contribution in [2.45, 2.75) is 25.2 Å². The van der Waals surface area contributed by atoms with Gasteiger partial charge < -0.3 is 24.8 Å². The minimum atomic E-state index is -4.47. The molecule has 1 atom stereocenters. The van der Waals surface area contributed by atoms with Gasteiger partial charge in [0.25, 0.3) is 0 Å². The number of carbonyl (C=O) groups excluding carboxylic acids is 2. The van der Waals surface area contributed by atoms with Crippen molar-refractivity contribution in [1.82, 2.24) is 15.1 Å². The first-order valence-electron chi connectivity index (χ1n) is 13.0. The van der Waals surface area contributed by atoms with Crippen molar-refractivity contribution >= 4 is 17.5 Å². The number of nitrogens with zero attached hydrogens (tertiary/aromatic N) is 3. The fraction of sp³-hybridized carbons (Fsp3) is 0.333. The van der Waals surface area contributed by atoms with Gasteiger partial charge in [-0.3, -0.25) is 9.59 Å². The first kappa shape index (κ1) is 28.9. The molecule has 1 heterocycles. The number of ether oxygens (including phenoxy) is 1. The zero-order chi connectivity index (χ0) is 28.7. The molecule has 3 aromatic rings. The van der Waals surface area contributed by atoms with Crippen molar-refractivity contribution in [3.05, 3.63) is 90.0 Å². The maximum Gasteiger partial charge on any atom is 0.416 e. The molecule has 1 fully saturated rings. The Bertz CT molecular complexity index is 1300. The number of anilines is 1. The third-order valence-corrected chi connectivity index (χ3v) is 6.83. The van der Waals surface area contributed by atoms with Gasteiger partial charge >= 0.3 is 6.18 Å². The van der Waals surface area contributed by atoms with E-state index in [2.05, 4.69) is 10.2 Å². The number of halogens is 3. The van der Waals surface area contributed by atoms with E-state index in [0.717, 1.165) is 18.6 Å². The number of likely N-dealkylation sites (N-methyl/N-ethyl adjacent to an activating group) is 1. The maximum atomic E-state index is 13.3. The average molecular weight is 555 g/mol. The Morgan fingerprint density at radius 1 is 0.975 bits per heavy atom. The van der Waals surface area contributed by atoms with Crippen LogP contribution in [0.2, 0.25) is 0 Å². The molecule has 0 spiro atoms. The van der Waals surface area contributed by atoms with Crippen molar-refractivity contribution < 1.29 is 27.5 Å². The number of likely N-dealkylation sites (tertiary alicyclic amines) is 1. The molecule has 1 unspecified atom stereocenters. The van der Waals surface area contributed by atoms with Gasteiger partial charge in [0.15, 0.2) is 5.75 Å². The van der Waals surface area contributed by atoms with Gasteiger partial charge in [-0.15, -0.1) is 0 Å². The molecule has 0 aromatic heterocycles. The molecular weight excluding hydrogens is 521 g/mol. The summed E-state index contributed by atoms with van der Waals surface area (Å²) >= 11 is 0. The number of hydrogen-bond acceptors (Lipinski definition) is 5. The molecule has 1 saturated heterocycles. The van der Waals surface area contributed by atoms with Crippen molar-refractivity contribution in [1.29, 1.82) is 0 Å². The zero-order valence-corrected chi connectivity index (χ0v) is 22.5. The Morgan fingerprint density at radius 2 is 1.70 bits per heavy atom. The molecule has 212 valence electrons. The molecule has 0 aliphatic carbocycles. The highest BCUT2D eigenvalue weighted by atomic mass is 19.4. The Labute approximate surface area is 232 Å². The van der Waals surface area contributed by atoms with Gasteiger partial charge in [0.2, 0.25) is 11.8 Å². The predicted octanol–water partition coefficient (Wildman–Crippen LogP) is 4.78.